The highest BCUT2D eigenvalue weighted by Crippen LogP contribution is 2.22. The molecule has 0 spiro atoms. The predicted molar refractivity (Wildman–Crippen MR) is 71.5 cm³/mol. The first-order chi connectivity index (χ1) is 7.92. The molecule has 0 saturated carbocycles. The molecule has 1 rings (SSSR count). The molecule has 0 atom stereocenters. The fraction of sp³-hybridized carbons (Fsp3) is 0.308. The number of hydrogen-bond donors (Lipinski definition) is 0. The highest BCUT2D eigenvalue weighted by atomic mass is 28.4. The van der Waals surface area contributed by atoms with Crippen molar-refractivity contribution in [3.05, 3.63) is 35.9 Å². The Labute approximate surface area is 103 Å². The molecule has 3 nitrogen and oxygen atoms in total. The van der Waals surface area contributed by atoms with Crippen LogP contribution in [0.5, 0.6) is 5.75 Å². The fourth-order valence-electron chi connectivity index (χ4n) is 1.27. The van der Waals surface area contributed by atoms with Gasteiger partial charge in [0.1, 0.15) is 5.75 Å². The molecular formula is C13H18O3Si. The average Bonchev–Trinajstić information content (AvgIpc) is 2.25. The summed E-state index contributed by atoms with van der Waals surface area (Å²) in [5.41, 5.74) is 0.889. The molecule has 17 heavy (non-hydrogen) atoms. The summed E-state index contributed by atoms with van der Waals surface area (Å²) in [6.07, 6.45) is 3.10. The summed E-state index contributed by atoms with van der Waals surface area (Å²) in [5.74, 6) is 0.444. The summed E-state index contributed by atoms with van der Waals surface area (Å²) in [5, 5.41) is 0. The molecule has 1 aromatic carbocycles. The van der Waals surface area contributed by atoms with E-state index in [0.29, 0.717) is 0 Å². The van der Waals surface area contributed by atoms with E-state index in [-0.39, 0.29) is 5.97 Å². The van der Waals surface area contributed by atoms with Crippen molar-refractivity contribution in [1.82, 2.24) is 0 Å². The molecule has 0 heterocycles. The second-order valence-electron chi connectivity index (χ2n) is 4.61. The number of benzene rings is 1. The Morgan fingerprint density at radius 2 is 1.88 bits per heavy atom. The zero-order valence-electron chi connectivity index (χ0n) is 10.7. The molecular weight excluding hydrogens is 232 g/mol. The quantitative estimate of drug-likeness (QED) is 0.468. The summed E-state index contributed by atoms with van der Waals surface area (Å²) in [6.45, 7) is 6.36. The van der Waals surface area contributed by atoms with Crippen molar-refractivity contribution in [2.45, 2.75) is 19.6 Å². The number of methoxy groups -OCH3 is 1. The van der Waals surface area contributed by atoms with E-state index in [2.05, 4.69) is 24.4 Å². The number of ether oxygens (including phenoxy) is 1. The van der Waals surface area contributed by atoms with Gasteiger partial charge in [0.05, 0.1) is 7.11 Å². The lowest BCUT2D eigenvalue weighted by Crippen LogP contribution is -2.29. The lowest BCUT2D eigenvalue weighted by atomic mass is 10.2. The molecule has 0 aliphatic rings. The predicted octanol–water partition coefficient (Wildman–Crippen LogP) is 3.09. The van der Waals surface area contributed by atoms with Gasteiger partial charge in [-0.15, -0.1) is 0 Å². The first-order valence-electron chi connectivity index (χ1n) is 5.46. The molecule has 0 bridgehead atoms. The maximum atomic E-state index is 11.0. The van der Waals surface area contributed by atoms with Crippen LogP contribution in [0, 0.1) is 0 Å². The maximum Gasteiger partial charge on any atom is 0.330 e. The van der Waals surface area contributed by atoms with Gasteiger partial charge in [-0.2, -0.15) is 0 Å². The Kier molecular flexibility index (Phi) is 4.51. The minimum absolute atomic E-state index is 0.368. The summed E-state index contributed by atoms with van der Waals surface area (Å²) < 4.78 is 10.5. The standard InChI is InChI=1S/C13H18O3Si/c1-15-13(14)10-9-11-7-5-6-8-12(11)16-17(2,3)4/h5-10H,1-4H3/b10-9+. The van der Waals surface area contributed by atoms with Crippen LogP contribution >= 0.6 is 0 Å². The molecule has 0 radical (unpaired) electrons. The number of rotatable bonds is 4. The largest absolute Gasteiger partial charge is 0.544 e. The minimum Gasteiger partial charge on any atom is -0.544 e. The van der Waals surface area contributed by atoms with Gasteiger partial charge >= 0.3 is 5.97 Å². The van der Waals surface area contributed by atoms with E-state index in [4.69, 9.17) is 4.43 Å². The van der Waals surface area contributed by atoms with Crippen LogP contribution in [0.15, 0.2) is 30.3 Å². The van der Waals surface area contributed by atoms with E-state index in [1.807, 2.05) is 24.3 Å². The lowest BCUT2D eigenvalue weighted by molar-refractivity contribution is -0.134. The molecule has 0 aliphatic carbocycles. The Hall–Kier alpha value is -1.55. The molecule has 92 valence electrons. The van der Waals surface area contributed by atoms with Crippen molar-refractivity contribution >= 4 is 20.4 Å². The number of carbonyl (C=O) groups excluding carboxylic acids is 1. The van der Waals surface area contributed by atoms with Crippen LogP contribution in [0.25, 0.3) is 6.08 Å². The Bertz CT molecular complexity index is 419. The van der Waals surface area contributed by atoms with E-state index >= 15 is 0 Å². The molecule has 0 fully saturated rings. The zero-order chi connectivity index (χ0) is 12.9. The molecule has 4 heteroatoms. The monoisotopic (exact) mass is 250 g/mol. The molecule has 0 aliphatic heterocycles. The SMILES string of the molecule is COC(=O)/C=C/c1ccccc1O[Si](C)(C)C. The third-order valence-corrected chi connectivity index (χ3v) is 2.77. The number of para-hydroxylation sites is 1. The van der Waals surface area contributed by atoms with Crippen LogP contribution in [0.2, 0.25) is 19.6 Å². The van der Waals surface area contributed by atoms with Crippen molar-refractivity contribution in [1.29, 1.82) is 0 Å². The van der Waals surface area contributed by atoms with Gasteiger partial charge in [-0.3, -0.25) is 0 Å². The summed E-state index contributed by atoms with van der Waals surface area (Å²) >= 11 is 0. The van der Waals surface area contributed by atoms with Crippen molar-refractivity contribution < 1.29 is 14.0 Å². The van der Waals surface area contributed by atoms with Gasteiger partial charge in [0.2, 0.25) is 8.32 Å². The van der Waals surface area contributed by atoms with E-state index in [1.165, 1.54) is 13.2 Å². The first kappa shape index (κ1) is 13.5. The normalized spacial score (nSPS) is 11.5. The second kappa shape index (κ2) is 5.68. The van der Waals surface area contributed by atoms with Crippen LogP contribution in [0.3, 0.4) is 0 Å². The highest BCUT2D eigenvalue weighted by molar-refractivity contribution is 6.70. The lowest BCUT2D eigenvalue weighted by Gasteiger charge is -2.20. The number of hydrogen-bond acceptors (Lipinski definition) is 3. The average molecular weight is 250 g/mol. The maximum absolute atomic E-state index is 11.0. The second-order valence-corrected chi connectivity index (χ2v) is 9.04. The smallest absolute Gasteiger partial charge is 0.330 e. The van der Waals surface area contributed by atoms with Gasteiger partial charge in [-0.1, -0.05) is 18.2 Å². The Morgan fingerprint density at radius 3 is 2.47 bits per heavy atom. The molecule has 0 aromatic heterocycles. The van der Waals surface area contributed by atoms with Crippen LogP contribution < -0.4 is 4.43 Å². The van der Waals surface area contributed by atoms with Crippen molar-refractivity contribution in [2.75, 3.05) is 7.11 Å². The molecule has 0 saturated heterocycles. The van der Waals surface area contributed by atoms with Crippen molar-refractivity contribution in [2.24, 2.45) is 0 Å². The number of esters is 1. The van der Waals surface area contributed by atoms with Gasteiger partial charge in [-0.25, -0.2) is 4.79 Å². The van der Waals surface area contributed by atoms with Gasteiger partial charge in [0, 0.05) is 11.6 Å². The van der Waals surface area contributed by atoms with E-state index in [9.17, 15) is 4.79 Å². The van der Waals surface area contributed by atoms with Gasteiger partial charge in [0.15, 0.2) is 0 Å². The van der Waals surface area contributed by atoms with Gasteiger partial charge < -0.3 is 9.16 Å². The third-order valence-electron chi connectivity index (χ3n) is 1.94. The van der Waals surface area contributed by atoms with E-state index in [1.54, 1.807) is 6.08 Å². The summed E-state index contributed by atoms with van der Waals surface area (Å²) in [7, 11) is -0.286. The van der Waals surface area contributed by atoms with Crippen LogP contribution in [0.4, 0.5) is 0 Å². The molecule has 1 aromatic rings. The zero-order valence-corrected chi connectivity index (χ0v) is 11.7. The van der Waals surface area contributed by atoms with Gasteiger partial charge in [0.25, 0.3) is 0 Å². The van der Waals surface area contributed by atoms with Crippen molar-refractivity contribution in [3.8, 4) is 5.75 Å². The fourth-order valence-corrected chi connectivity index (χ4v) is 2.11. The third kappa shape index (κ3) is 4.87. The van der Waals surface area contributed by atoms with E-state index < -0.39 is 8.32 Å². The summed E-state index contributed by atoms with van der Waals surface area (Å²) in [6, 6.07) is 7.66. The first-order valence-corrected chi connectivity index (χ1v) is 8.87. The summed E-state index contributed by atoms with van der Waals surface area (Å²) in [4.78, 5) is 11.0. The van der Waals surface area contributed by atoms with E-state index in [0.717, 1.165) is 11.3 Å². The van der Waals surface area contributed by atoms with Crippen LogP contribution in [0.1, 0.15) is 5.56 Å². The molecule has 0 unspecified atom stereocenters. The van der Waals surface area contributed by atoms with Crippen LogP contribution in [-0.2, 0) is 9.53 Å². The Morgan fingerprint density at radius 1 is 1.24 bits per heavy atom. The topological polar surface area (TPSA) is 35.5 Å². The highest BCUT2D eigenvalue weighted by Gasteiger charge is 2.17. The molecule has 0 N–H and O–H groups in total. The van der Waals surface area contributed by atoms with Gasteiger partial charge in [-0.05, 0) is 31.8 Å². The Balaban J connectivity index is 2.92. The number of carbonyl (C=O) groups is 1. The minimum atomic E-state index is -1.64. The van der Waals surface area contributed by atoms with Crippen LogP contribution in [-0.4, -0.2) is 21.4 Å². The molecule has 0 amide bonds. The van der Waals surface area contributed by atoms with Crippen molar-refractivity contribution in [3.63, 3.8) is 0 Å².